The summed E-state index contributed by atoms with van der Waals surface area (Å²) in [5.74, 6) is 0.909. The molecule has 0 spiro atoms. The number of methoxy groups -OCH3 is 1. The van der Waals surface area contributed by atoms with Crippen molar-refractivity contribution in [3.05, 3.63) is 53.9 Å². The van der Waals surface area contributed by atoms with Crippen LogP contribution in [0.3, 0.4) is 0 Å². The lowest BCUT2D eigenvalue weighted by Gasteiger charge is -2.05. The Morgan fingerprint density at radius 2 is 1.95 bits per heavy atom. The van der Waals surface area contributed by atoms with Crippen LogP contribution < -0.4 is 10.1 Å². The first-order chi connectivity index (χ1) is 9.67. The van der Waals surface area contributed by atoms with Crippen LogP contribution >= 0.6 is 0 Å². The maximum absolute atomic E-state index is 11.8. The number of rotatable bonds is 6. The number of nitrogens with one attached hydrogen (secondary N) is 1. The minimum Gasteiger partial charge on any atom is -0.497 e. The zero-order chi connectivity index (χ0) is 14.4. The number of hydrogen-bond acceptors (Lipinski definition) is 2. The van der Waals surface area contributed by atoms with E-state index >= 15 is 0 Å². The summed E-state index contributed by atoms with van der Waals surface area (Å²) in [6.45, 7) is 0.651. The first-order valence-electron chi connectivity index (χ1n) is 6.68. The van der Waals surface area contributed by atoms with E-state index in [1.807, 2.05) is 54.3 Å². The van der Waals surface area contributed by atoms with Gasteiger partial charge >= 0.3 is 0 Å². The number of amides is 1. The van der Waals surface area contributed by atoms with Gasteiger partial charge in [0.1, 0.15) is 5.75 Å². The summed E-state index contributed by atoms with van der Waals surface area (Å²) in [4.78, 5) is 11.8. The van der Waals surface area contributed by atoms with Crippen molar-refractivity contribution in [1.29, 1.82) is 0 Å². The molecule has 0 atom stereocenters. The highest BCUT2D eigenvalue weighted by Gasteiger charge is 2.04. The van der Waals surface area contributed by atoms with Crippen LogP contribution in [0.2, 0.25) is 0 Å². The summed E-state index contributed by atoms with van der Waals surface area (Å²) in [5, 5.41) is 2.94. The average Bonchev–Trinajstić information content (AvgIpc) is 2.85. The van der Waals surface area contributed by atoms with Gasteiger partial charge in [0.2, 0.25) is 5.91 Å². The number of hydrogen-bond donors (Lipinski definition) is 1. The summed E-state index contributed by atoms with van der Waals surface area (Å²) in [7, 11) is 3.60. The standard InChI is InChI=1S/C16H20N2O2/c1-18-10-8-14(12-18)11-16(19)17-9-7-13-3-5-15(20-2)6-4-13/h3-6,8,10,12H,7,9,11H2,1-2H3,(H,17,19). The van der Waals surface area contributed by atoms with E-state index in [0.717, 1.165) is 17.7 Å². The Labute approximate surface area is 119 Å². The Morgan fingerprint density at radius 1 is 1.20 bits per heavy atom. The van der Waals surface area contributed by atoms with Crippen LogP contribution in [0.5, 0.6) is 5.75 Å². The smallest absolute Gasteiger partial charge is 0.224 e. The molecular weight excluding hydrogens is 252 g/mol. The van der Waals surface area contributed by atoms with Gasteiger partial charge in [-0.2, -0.15) is 0 Å². The van der Waals surface area contributed by atoms with E-state index in [2.05, 4.69) is 5.32 Å². The first kappa shape index (κ1) is 14.2. The van der Waals surface area contributed by atoms with E-state index in [0.29, 0.717) is 13.0 Å². The van der Waals surface area contributed by atoms with Gasteiger partial charge in [-0.05, 0) is 35.7 Å². The quantitative estimate of drug-likeness (QED) is 0.873. The molecule has 0 radical (unpaired) electrons. The predicted molar refractivity (Wildman–Crippen MR) is 78.8 cm³/mol. The highest BCUT2D eigenvalue weighted by molar-refractivity contribution is 5.78. The van der Waals surface area contributed by atoms with Gasteiger partial charge in [-0.3, -0.25) is 4.79 Å². The Hall–Kier alpha value is -2.23. The molecule has 1 amide bonds. The van der Waals surface area contributed by atoms with Crippen LogP contribution in [-0.4, -0.2) is 24.1 Å². The fourth-order valence-corrected chi connectivity index (χ4v) is 2.05. The fraction of sp³-hybridized carbons (Fsp3) is 0.312. The summed E-state index contributed by atoms with van der Waals surface area (Å²) < 4.78 is 7.05. The van der Waals surface area contributed by atoms with Crippen LogP contribution in [0.25, 0.3) is 0 Å². The second kappa shape index (κ2) is 6.80. The summed E-state index contributed by atoms with van der Waals surface area (Å²) in [6, 6.07) is 9.86. The van der Waals surface area contributed by atoms with Crippen molar-refractivity contribution in [1.82, 2.24) is 9.88 Å². The largest absolute Gasteiger partial charge is 0.497 e. The number of ether oxygens (including phenoxy) is 1. The second-order valence-electron chi connectivity index (χ2n) is 4.81. The van der Waals surface area contributed by atoms with Crippen molar-refractivity contribution in [2.24, 2.45) is 7.05 Å². The monoisotopic (exact) mass is 272 g/mol. The Kier molecular flexibility index (Phi) is 4.82. The minimum absolute atomic E-state index is 0.0599. The number of aromatic nitrogens is 1. The van der Waals surface area contributed by atoms with Crippen LogP contribution in [0.1, 0.15) is 11.1 Å². The van der Waals surface area contributed by atoms with Crippen LogP contribution in [0.15, 0.2) is 42.7 Å². The van der Waals surface area contributed by atoms with Gasteiger partial charge in [0, 0.05) is 26.0 Å². The van der Waals surface area contributed by atoms with Gasteiger partial charge < -0.3 is 14.6 Å². The zero-order valence-electron chi connectivity index (χ0n) is 11.9. The highest BCUT2D eigenvalue weighted by atomic mass is 16.5. The molecule has 0 aliphatic rings. The molecular formula is C16H20N2O2. The van der Waals surface area contributed by atoms with E-state index in [1.165, 1.54) is 5.56 Å². The lowest BCUT2D eigenvalue weighted by molar-refractivity contribution is -0.120. The third kappa shape index (κ3) is 4.16. The van der Waals surface area contributed by atoms with E-state index in [9.17, 15) is 4.79 Å². The van der Waals surface area contributed by atoms with Crippen molar-refractivity contribution < 1.29 is 9.53 Å². The summed E-state index contributed by atoms with van der Waals surface area (Å²) in [5.41, 5.74) is 2.22. The fourth-order valence-electron chi connectivity index (χ4n) is 2.05. The van der Waals surface area contributed by atoms with Crippen molar-refractivity contribution in [2.75, 3.05) is 13.7 Å². The molecule has 2 aromatic rings. The predicted octanol–water partition coefficient (Wildman–Crippen LogP) is 1.94. The topological polar surface area (TPSA) is 43.3 Å². The summed E-state index contributed by atoms with van der Waals surface area (Å²) >= 11 is 0. The van der Waals surface area contributed by atoms with Gasteiger partial charge in [0.25, 0.3) is 0 Å². The van der Waals surface area contributed by atoms with Gasteiger partial charge in [0.05, 0.1) is 13.5 Å². The van der Waals surface area contributed by atoms with Gasteiger partial charge in [0.15, 0.2) is 0 Å². The minimum atomic E-state index is 0.0599. The highest BCUT2D eigenvalue weighted by Crippen LogP contribution is 2.11. The number of aryl methyl sites for hydroxylation is 1. The molecule has 1 aromatic heterocycles. The molecule has 0 bridgehead atoms. The van der Waals surface area contributed by atoms with E-state index in [1.54, 1.807) is 7.11 Å². The maximum Gasteiger partial charge on any atom is 0.224 e. The van der Waals surface area contributed by atoms with Crippen LogP contribution in [0, 0.1) is 0 Å². The molecule has 2 rings (SSSR count). The molecule has 1 heterocycles. The molecule has 1 N–H and O–H groups in total. The van der Waals surface area contributed by atoms with Gasteiger partial charge in [-0.15, -0.1) is 0 Å². The lowest BCUT2D eigenvalue weighted by atomic mass is 10.1. The van der Waals surface area contributed by atoms with Gasteiger partial charge in [-0.25, -0.2) is 0 Å². The van der Waals surface area contributed by atoms with Crippen LogP contribution in [-0.2, 0) is 24.7 Å². The zero-order valence-corrected chi connectivity index (χ0v) is 11.9. The van der Waals surface area contributed by atoms with Crippen molar-refractivity contribution in [3.63, 3.8) is 0 Å². The van der Waals surface area contributed by atoms with E-state index in [-0.39, 0.29) is 5.91 Å². The Balaban J connectivity index is 1.73. The molecule has 0 unspecified atom stereocenters. The van der Waals surface area contributed by atoms with Gasteiger partial charge in [-0.1, -0.05) is 12.1 Å². The molecule has 0 aliphatic heterocycles. The molecule has 20 heavy (non-hydrogen) atoms. The normalized spacial score (nSPS) is 10.3. The Bertz CT molecular complexity index is 558. The lowest BCUT2D eigenvalue weighted by Crippen LogP contribution is -2.27. The molecule has 1 aromatic carbocycles. The van der Waals surface area contributed by atoms with Crippen molar-refractivity contribution >= 4 is 5.91 Å². The molecule has 0 aliphatic carbocycles. The molecule has 0 saturated carbocycles. The number of benzene rings is 1. The SMILES string of the molecule is COc1ccc(CCNC(=O)Cc2ccn(C)c2)cc1. The van der Waals surface area contributed by atoms with Crippen molar-refractivity contribution in [3.8, 4) is 5.75 Å². The van der Waals surface area contributed by atoms with E-state index in [4.69, 9.17) is 4.74 Å². The number of carbonyl (C=O) groups is 1. The molecule has 0 saturated heterocycles. The first-order valence-corrected chi connectivity index (χ1v) is 6.68. The molecule has 4 heteroatoms. The third-order valence-corrected chi connectivity index (χ3v) is 3.15. The Morgan fingerprint density at radius 3 is 2.55 bits per heavy atom. The molecule has 0 fully saturated rings. The van der Waals surface area contributed by atoms with E-state index < -0.39 is 0 Å². The summed E-state index contributed by atoms with van der Waals surface area (Å²) in [6.07, 6.45) is 5.16. The number of nitrogens with zero attached hydrogens (tertiary/aromatic N) is 1. The van der Waals surface area contributed by atoms with Crippen LogP contribution in [0.4, 0.5) is 0 Å². The third-order valence-electron chi connectivity index (χ3n) is 3.15. The average molecular weight is 272 g/mol. The molecule has 4 nitrogen and oxygen atoms in total. The maximum atomic E-state index is 11.8. The molecule has 106 valence electrons. The number of carbonyl (C=O) groups excluding carboxylic acids is 1. The second-order valence-corrected chi connectivity index (χ2v) is 4.81. The van der Waals surface area contributed by atoms with Crippen molar-refractivity contribution in [2.45, 2.75) is 12.8 Å².